The van der Waals surface area contributed by atoms with Crippen molar-refractivity contribution in [3.8, 4) is 11.4 Å². The van der Waals surface area contributed by atoms with Crippen molar-refractivity contribution in [2.24, 2.45) is 0 Å². The Bertz CT molecular complexity index is 1400. The average Bonchev–Trinajstić information content (AvgIpc) is 3.72. The first-order chi connectivity index (χ1) is 21.8. The van der Waals surface area contributed by atoms with E-state index >= 15 is 0 Å². The molecule has 4 heterocycles. The Morgan fingerprint density at radius 2 is 1.63 bits per heavy atom. The van der Waals surface area contributed by atoms with Crippen LogP contribution in [0.5, 0.6) is 0 Å². The van der Waals surface area contributed by atoms with Crippen LogP contribution < -0.4 is 5.32 Å². The Kier molecular flexibility index (Phi) is 23.8. The molecule has 0 spiro atoms. The van der Waals surface area contributed by atoms with Crippen molar-refractivity contribution in [3.63, 3.8) is 0 Å². The third kappa shape index (κ3) is 14.7. The predicted octanol–water partition coefficient (Wildman–Crippen LogP) is 7.26. The molecular weight excluding hydrogens is 701 g/mol. The zero-order valence-corrected chi connectivity index (χ0v) is 32.4. The van der Waals surface area contributed by atoms with Gasteiger partial charge in [0.05, 0.1) is 36.3 Å². The number of aromatic nitrogens is 5. The second-order valence-corrected chi connectivity index (χ2v) is 9.58. The monoisotopic (exact) mass is 748 g/mol. The summed E-state index contributed by atoms with van der Waals surface area (Å²) >= 11 is 8.17. The number of alkyl halides is 1. The van der Waals surface area contributed by atoms with Crippen molar-refractivity contribution in [2.75, 3.05) is 37.7 Å². The van der Waals surface area contributed by atoms with E-state index in [1.807, 2.05) is 67.4 Å². The van der Waals surface area contributed by atoms with E-state index in [1.54, 1.807) is 38.1 Å². The average molecular weight is 749 g/mol. The zero-order valence-electron chi connectivity index (χ0n) is 27.9. The molecule has 1 radical (unpaired) electrons. The maximum absolute atomic E-state index is 13.1. The van der Waals surface area contributed by atoms with Crippen LogP contribution in [0.3, 0.4) is 0 Å². The van der Waals surface area contributed by atoms with Gasteiger partial charge in [0.2, 0.25) is 0 Å². The number of aryl methyl sites for hydroxylation is 2. The minimum absolute atomic E-state index is 0. The number of carbonyl (C=O) groups is 1. The van der Waals surface area contributed by atoms with Crippen molar-refractivity contribution in [2.45, 2.75) is 60.0 Å². The van der Waals surface area contributed by atoms with Crippen LogP contribution in [0.15, 0.2) is 61.6 Å². The Labute approximate surface area is 309 Å². The molecule has 251 valence electrons. The van der Waals surface area contributed by atoms with E-state index in [4.69, 9.17) is 11.0 Å². The van der Waals surface area contributed by atoms with Gasteiger partial charge in [0.25, 0.3) is 5.91 Å². The van der Waals surface area contributed by atoms with Crippen LogP contribution in [0, 0.1) is 13.8 Å². The molecule has 1 saturated heterocycles. The fraction of sp³-hybridized carbons (Fsp3) is 0.438. The summed E-state index contributed by atoms with van der Waals surface area (Å²) < 4.78 is 3.82. The normalized spacial score (nSPS) is 13.5. The zero-order chi connectivity index (χ0) is 33.8. The first kappa shape index (κ1) is 43.8. The first-order valence-electron chi connectivity index (χ1n) is 14.8. The largest absolute Gasteiger partial charge is 0.674 e. The molecule has 1 aromatic carbocycles. The van der Waals surface area contributed by atoms with Gasteiger partial charge in [0, 0.05) is 75.6 Å². The number of thiol groups is 1. The van der Waals surface area contributed by atoms with Crippen molar-refractivity contribution in [1.82, 2.24) is 29.0 Å². The number of nitrogens with one attached hydrogen (secondary N) is 2. The maximum Gasteiger partial charge on any atom is 0.274 e. The Hall–Kier alpha value is -2.16. The number of hydrogen-bond donors (Lipinski definition) is 3. The molecule has 1 aliphatic heterocycles. The van der Waals surface area contributed by atoms with E-state index < -0.39 is 0 Å². The number of amides is 1. The minimum atomic E-state index is -0.280. The number of pyridine rings is 1. The maximum atomic E-state index is 13.1. The number of nitrogens with zero attached hydrogens (tertiary/aromatic N) is 6. The second-order valence-electron chi connectivity index (χ2n) is 9.58. The number of anilines is 1. The van der Waals surface area contributed by atoms with E-state index in [-0.39, 0.29) is 44.7 Å². The van der Waals surface area contributed by atoms with Gasteiger partial charge < -0.3 is 25.1 Å². The second kappa shape index (κ2) is 24.9. The summed E-state index contributed by atoms with van der Waals surface area (Å²) in [6.07, 6.45) is 14.2. The van der Waals surface area contributed by atoms with Gasteiger partial charge in [0.15, 0.2) is 0 Å². The number of piperidine rings is 1. The molecule has 0 aliphatic carbocycles. The quantitative estimate of drug-likeness (QED) is 0.0784. The van der Waals surface area contributed by atoms with Gasteiger partial charge in [-0.25, -0.2) is 14.9 Å². The van der Waals surface area contributed by atoms with E-state index in [0.29, 0.717) is 18.0 Å². The molecule has 46 heavy (non-hydrogen) atoms. The summed E-state index contributed by atoms with van der Waals surface area (Å²) in [7, 11) is 0. The fourth-order valence-corrected chi connectivity index (χ4v) is 4.47. The molecule has 3 N–H and O–H groups in total. The first-order valence-corrected chi connectivity index (χ1v) is 16.4. The topological polar surface area (TPSA) is 134 Å². The molecule has 11 nitrogen and oxygen atoms in total. The van der Waals surface area contributed by atoms with Crippen molar-refractivity contribution >= 4 is 35.8 Å². The minimum Gasteiger partial charge on any atom is -0.674 e. The third-order valence-corrected chi connectivity index (χ3v) is 6.27. The standard InChI is InChI=1S/C26H29N8O.C2H6O2.C2H6.CH3Cl.CH4S.Y/c1-18-12-33(16-29-18)23-5-6-28-25(11-23)26(35)31-22-8-20(14-32-7-3-4-21(27)15-32)9-24(10-22)34-13-19(2)30-17-34;1-2-4-3;3*1-2;/h5-6,8-13,16-17,21,27H,3-4,7,14-15H2,1-2H3,(H,31,35);3H,2H2,1H3;1-2H3;1H3;2H,1H3;/q-1;;;;;. The summed E-state index contributed by atoms with van der Waals surface area (Å²) in [6, 6.07) is 9.61. The number of imidazole rings is 2. The number of likely N-dealkylation sites (tertiary alicyclic amines) is 1. The number of carbonyl (C=O) groups excluding carboxylic acids is 1. The van der Waals surface area contributed by atoms with Crippen molar-refractivity contribution < 1.29 is 47.6 Å². The summed E-state index contributed by atoms with van der Waals surface area (Å²) in [4.78, 5) is 31.9. The number of hydrogen-bond acceptors (Lipinski definition) is 8. The van der Waals surface area contributed by atoms with Crippen LogP contribution in [0.4, 0.5) is 5.69 Å². The van der Waals surface area contributed by atoms with Gasteiger partial charge in [-0.15, -0.1) is 17.6 Å². The number of halogens is 1. The van der Waals surface area contributed by atoms with E-state index in [1.165, 1.54) is 6.38 Å². The van der Waals surface area contributed by atoms with E-state index in [0.717, 1.165) is 60.8 Å². The Balaban J connectivity index is 0.00000166. The van der Waals surface area contributed by atoms with Gasteiger partial charge in [-0.3, -0.25) is 15.0 Å². The van der Waals surface area contributed by atoms with E-state index in [2.05, 4.69) is 60.4 Å². The summed E-state index contributed by atoms with van der Waals surface area (Å²) in [5.74, 6) is -0.280. The Morgan fingerprint density at radius 1 is 1.04 bits per heavy atom. The SMILES string of the molecule is CC.CCOO.CCl.CS.Cc1cn(-c2cc(CN3CCCC([NH-])C3)cc(NC(=O)c3cc(-n4cnc(C)c4)ccn3)c2)cn1.[Y]. The molecule has 14 heteroatoms. The van der Waals surface area contributed by atoms with Crippen molar-refractivity contribution in [1.29, 1.82) is 0 Å². The molecule has 0 saturated carbocycles. The van der Waals surface area contributed by atoms with Crippen LogP contribution in [-0.4, -0.2) is 78.5 Å². The predicted molar refractivity (Wildman–Crippen MR) is 187 cm³/mol. The number of rotatable bonds is 7. The third-order valence-electron chi connectivity index (χ3n) is 6.27. The molecule has 0 bridgehead atoms. The van der Waals surface area contributed by atoms with Crippen molar-refractivity contribution in [3.05, 3.63) is 90.0 Å². The van der Waals surface area contributed by atoms with Crippen LogP contribution >= 0.6 is 24.2 Å². The smallest absolute Gasteiger partial charge is 0.274 e. The van der Waals surface area contributed by atoms with Gasteiger partial charge in [0.1, 0.15) is 5.69 Å². The molecule has 1 amide bonds. The van der Waals surface area contributed by atoms with Gasteiger partial charge in [-0.2, -0.15) is 12.6 Å². The van der Waals surface area contributed by atoms with Crippen LogP contribution in [0.25, 0.3) is 17.1 Å². The van der Waals surface area contributed by atoms with Gasteiger partial charge in [-0.05, 0) is 82.4 Å². The summed E-state index contributed by atoms with van der Waals surface area (Å²) in [6.45, 7) is 12.4. The molecular formula is C32H48ClN8O3SY-. The molecule has 4 aromatic rings. The van der Waals surface area contributed by atoms with Gasteiger partial charge in [-0.1, -0.05) is 20.3 Å². The fourth-order valence-electron chi connectivity index (χ4n) is 4.47. The molecule has 3 aromatic heterocycles. The molecule has 1 fully saturated rings. The summed E-state index contributed by atoms with van der Waals surface area (Å²) in [5.41, 5.74) is 13.8. The summed E-state index contributed by atoms with van der Waals surface area (Å²) in [5, 5.41) is 10.4. The molecule has 1 atom stereocenters. The van der Waals surface area contributed by atoms with Crippen LogP contribution in [-0.2, 0) is 44.1 Å². The van der Waals surface area contributed by atoms with E-state index in [9.17, 15) is 4.79 Å². The Morgan fingerprint density at radius 3 is 2.15 bits per heavy atom. The van der Waals surface area contributed by atoms with Crippen LogP contribution in [0.1, 0.15) is 61.1 Å². The molecule has 1 unspecified atom stereocenters. The van der Waals surface area contributed by atoms with Gasteiger partial charge >= 0.3 is 0 Å². The number of benzene rings is 1. The molecule has 5 rings (SSSR count). The van der Waals surface area contributed by atoms with Crippen LogP contribution in [0.2, 0.25) is 0 Å². The molecule has 1 aliphatic rings.